The highest BCUT2D eigenvalue weighted by molar-refractivity contribution is 7.26. The second kappa shape index (κ2) is 5.12. The quantitative estimate of drug-likeness (QED) is 0.745. The van der Waals surface area contributed by atoms with E-state index in [0.717, 1.165) is 9.88 Å². The highest BCUT2D eigenvalue weighted by Gasteiger charge is 2.17. The van der Waals surface area contributed by atoms with Crippen LogP contribution in [0.2, 0.25) is 0 Å². The normalized spacial score (nSPS) is 10.9. The number of hydrogen-bond donors (Lipinski definition) is 1. The molecular weight excluding hydrogens is 310 g/mol. The molecule has 3 aromatic heterocycles. The molecule has 0 saturated carbocycles. The first kappa shape index (κ1) is 13.5. The van der Waals surface area contributed by atoms with Crippen molar-refractivity contribution in [1.82, 2.24) is 4.98 Å². The second-order valence-corrected chi connectivity index (χ2v) is 7.33. The molecule has 0 aliphatic heterocycles. The van der Waals surface area contributed by atoms with Crippen molar-refractivity contribution >= 4 is 40.0 Å². The minimum absolute atomic E-state index is 0.322. The van der Waals surface area contributed by atoms with Gasteiger partial charge < -0.3 is 5.11 Å². The van der Waals surface area contributed by atoms with Gasteiger partial charge in [-0.3, -0.25) is 0 Å². The van der Waals surface area contributed by atoms with E-state index < -0.39 is 5.97 Å². The van der Waals surface area contributed by atoms with Crippen LogP contribution in [-0.2, 0) is 0 Å². The predicted octanol–water partition coefficient (Wildman–Crippen LogP) is 4.92. The van der Waals surface area contributed by atoms with Crippen LogP contribution in [0.4, 0.5) is 0 Å². The van der Waals surface area contributed by atoms with Crippen molar-refractivity contribution in [3.63, 3.8) is 0 Å². The van der Waals surface area contributed by atoms with Crippen LogP contribution in [0.25, 0.3) is 19.6 Å². The lowest BCUT2D eigenvalue weighted by molar-refractivity contribution is 0.0701. The number of carboxylic acid groups (broad SMARTS) is 1. The van der Waals surface area contributed by atoms with E-state index in [1.807, 2.05) is 6.07 Å². The summed E-state index contributed by atoms with van der Waals surface area (Å²) in [7, 11) is 0. The van der Waals surface area contributed by atoms with Crippen molar-refractivity contribution < 1.29 is 9.90 Å². The Morgan fingerprint density at radius 1 is 1.15 bits per heavy atom. The molecule has 3 heterocycles. The molecule has 0 spiro atoms. The van der Waals surface area contributed by atoms with Crippen molar-refractivity contribution in [3.8, 4) is 19.6 Å². The molecule has 0 atom stereocenters. The number of aromatic carboxylic acids is 1. The van der Waals surface area contributed by atoms with Crippen LogP contribution < -0.4 is 0 Å². The van der Waals surface area contributed by atoms with E-state index >= 15 is 0 Å². The van der Waals surface area contributed by atoms with E-state index in [0.29, 0.717) is 10.6 Å². The fourth-order valence-corrected chi connectivity index (χ4v) is 4.99. The standard InChI is InChI=1S/C14H11NO2S3/c1-7-5-6-18-11(7)9-3-4-10(19-9)13-15-8(2)12(20-13)14(16)17/h3-6H,1-2H3,(H,16,17). The minimum Gasteiger partial charge on any atom is -0.477 e. The fourth-order valence-electron chi connectivity index (χ4n) is 1.90. The van der Waals surface area contributed by atoms with E-state index in [4.69, 9.17) is 5.11 Å². The van der Waals surface area contributed by atoms with Crippen LogP contribution in [-0.4, -0.2) is 16.1 Å². The third-order valence-corrected chi connectivity index (χ3v) is 6.49. The van der Waals surface area contributed by atoms with E-state index in [2.05, 4.69) is 29.4 Å². The maximum atomic E-state index is 11.1. The Labute approximate surface area is 128 Å². The molecule has 3 aromatic rings. The summed E-state index contributed by atoms with van der Waals surface area (Å²) < 4.78 is 0. The summed E-state index contributed by atoms with van der Waals surface area (Å²) >= 11 is 4.62. The molecule has 20 heavy (non-hydrogen) atoms. The predicted molar refractivity (Wildman–Crippen MR) is 85.2 cm³/mol. The lowest BCUT2D eigenvalue weighted by atomic mass is 10.2. The molecule has 0 unspecified atom stereocenters. The zero-order valence-corrected chi connectivity index (χ0v) is 13.3. The molecule has 0 aliphatic carbocycles. The van der Waals surface area contributed by atoms with Gasteiger partial charge in [-0.2, -0.15) is 0 Å². The smallest absolute Gasteiger partial charge is 0.347 e. The molecule has 0 amide bonds. The lowest BCUT2D eigenvalue weighted by Gasteiger charge is -1.93. The Morgan fingerprint density at radius 2 is 1.90 bits per heavy atom. The highest BCUT2D eigenvalue weighted by atomic mass is 32.1. The zero-order valence-electron chi connectivity index (χ0n) is 10.8. The molecule has 1 N–H and O–H groups in total. The monoisotopic (exact) mass is 321 g/mol. The molecule has 0 aromatic carbocycles. The van der Waals surface area contributed by atoms with Crippen molar-refractivity contribution in [2.24, 2.45) is 0 Å². The largest absolute Gasteiger partial charge is 0.477 e. The summed E-state index contributed by atoms with van der Waals surface area (Å²) in [6, 6.07) is 6.20. The second-order valence-electron chi connectivity index (χ2n) is 4.34. The number of hydrogen-bond acceptors (Lipinski definition) is 5. The molecule has 102 valence electrons. The van der Waals surface area contributed by atoms with Gasteiger partial charge in [0.25, 0.3) is 0 Å². The summed E-state index contributed by atoms with van der Waals surface area (Å²) in [5, 5.41) is 12.0. The number of rotatable bonds is 3. The highest BCUT2D eigenvalue weighted by Crippen LogP contribution is 2.39. The SMILES string of the molecule is Cc1ccsc1-c1ccc(-c2nc(C)c(C(=O)O)s2)s1. The maximum Gasteiger partial charge on any atom is 0.347 e. The van der Waals surface area contributed by atoms with Crippen LogP contribution >= 0.6 is 34.0 Å². The van der Waals surface area contributed by atoms with E-state index in [1.165, 1.54) is 26.7 Å². The first-order chi connectivity index (χ1) is 9.56. The summed E-state index contributed by atoms with van der Waals surface area (Å²) in [6.07, 6.45) is 0. The van der Waals surface area contributed by atoms with Crippen molar-refractivity contribution in [2.75, 3.05) is 0 Å². The Kier molecular flexibility index (Phi) is 3.45. The number of nitrogens with zero attached hydrogens (tertiary/aromatic N) is 1. The molecule has 0 fully saturated rings. The van der Waals surface area contributed by atoms with Gasteiger partial charge in [0.2, 0.25) is 0 Å². The van der Waals surface area contributed by atoms with Gasteiger partial charge >= 0.3 is 5.97 Å². The minimum atomic E-state index is -0.905. The van der Waals surface area contributed by atoms with E-state index in [9.17, 15) is 4.79 Å². The summed E-state index contributed by atoms with van der Waals surface area (Å²) in [5.74, 6) is -0.905. The number of thiazole rings is 1. The molecule has 0 aliphatic rings. The number of thiophene rings is 2. The van der Waals surface area contributed by atoms with E-state index in [-0.39, 0.29) is 0 Å². The Bertz CT molecular complexity index is 782. The molecule has 6 heteroatoms. The number of aromatic nitrogens is 1. The Balaban J connectivity index is 2.00. The average molecular weight is 321 g/mol. The third-order valence-electron chi connectivity index (χ3n) is 2.89. The van der Waals surface area contributed by atoms with Crippen molar-refractivity contribution in [3.05, 3.63) is 39.7 Å². The molecule has 0 bridgehead atoms. The number of carbonyl (C=O) groups is 1. The van der Waals surface area contributed by atoms with Crippen LogP contribution in [0.3, 0.4) is 0 Å². The molecule has 3 rings (SSSR count). The number of aryl methyl sites for hydroxylation is 2. The van der Waals surface area contributed by atoms with Crippen LogP contribution in [0.15, 0.2) is 23.6 Å². The maximum absolute atomic E-state index is 11.1. The van der Waals surface area contributed by atoms with Crippen molar-refractivity contribution in [1.29, 1.82) is 0 Å². The van der Waals surface area contributed by atoms with Crippen molar-refractivity contribution in [2.45, 2.75) is 13.8 Å². The van der Waals surface area contributed by atoms with Gasteiger partial charge in [-0.25, -0.2) is 9.78 Å². The van der Waals surface area contributed by atoms with Crippen LogP contribution in [0, 0.1) is 13.8 Å². The summed E-state index contributed by atoms with van der Waals surface area (Å²) in [4.78, 5) is 19.3. The summed E-state index contributed by atoms with van der Waals surface area (Å²) in [5.41, 5.74) is 1.85. The van der Waals surface area contributed by atoms with Gasteiger partial charge in [0.05, 0.1) is 10.6 Å². The molecule has 0 radical (unpaired) electrons. The van der Waals surface area contributed by atoms with Gasteiger partial charge in [0, 0.05) is 9.75 Å². The first-order valence-electron chi connectivity index (χ1n) is 5.91. The van der Waals surface area contributed by atoms with Gasteiger partial charge in [-0.1, -0.05) is 0 Å². The van der Waals surface area contributed by atoms with Gasteiger partial charge in [0.15, 0.2) is 0 Å². The van der Waals surface area contributed by atoms with Crippen LogP contribution in [0.5, 0.6) is 0 Å². The topological polar surface area (TPSA) is 50.2 Å². The molecule has 0 saturated heterocycles. The molecular formula is C14H11NO2S3. The average Bonchev–Trinajstić information content (AvgIpc) is 3.07. The summed E-state index contributed by atoms with van der Waals surface area (Å²) in [6.45, 7) is 3.84. The third kappa shape index (κ3) is 2.30. The van der Waals surface area contributed by atoms with E-state index in [1.54, 1.807) is 29.6 Å². The molecule has 3 nitrogen and oxygen atoms in total. The Hall–Kier alpha value is -1.50. The van der Waals surface area contributed by atoms with Crippen LogP contribution in [0.1, 0.15) is 20.9 Å². The first-order valence-corrected chi connectivity index (χ1v) is 8.43. The lowest BCUT2D eigenvalue weighted by Crippen LogP contribution is -1.94. The Morgan fingerprint density at radius 3 is 2.50 bits per heavy atom. The number of carboxylic acids is 1. The van der Waals surface area contributed by atoms with Gasteiger partial charge in [-0.05, 0) is 43.0 Å². The van der Waals surface area contributed by atoms with Gasteiger partial charge in [-0.15, -0.1) is 34.0 Å². The fraction of sp³-hybridized carbons (Fsp3) is 0.143. The zero-order chi connectivity index (χ0) is 14.3. The van der Waals surface area contributed by atoms with Gasteiger partial charge in [0.1, 0.15) is 9.88 Å².